The van der Waals surface area contributed by atoms with Crippen molar-refractivity contribution in [2.24, 2.45) is 11.7 Å². The zero-order valence-corrected chi connectivity index (χ0v) is 9.15. The number of hydrogen-bond acceptors (Lipinski definition) is 1. The van der Waals surface area contributed by atoms with E-state index < -0.39 is 0 Å². The molecule has 0 aliphatic heterocycles. The highest BCUT2D eigenvalue weighted by Gasteiger charge is 2.49. The van der Waals surface area contributed by atoms with Gasteiger partial charge in [0, 0.05) is 11.5 Å². The predicted molar refractivity (Wildman–Crippen MR) is 62.7 cm³/mol. The first-order valence-electron chi connectivity index (χ1n) is 6.12. The zero-order valence-electron chi connectivity index (χ0n) is 9.15. The highest BCUT2D eigenvalue weighted by molar-refractivity contribution is 5.33. The van der Waals surface area contributed by atoms with Crippen molar-refractivity contribution in [1.82, 2.24) is 0 Å². The van der Waals surface area contributed by atoms with Gasteiger partial charge < -0.3 is 5.73 Å². The molecule has 1 unspecified atom stereocenters. The summed E-state index contributed by atoms with van der Waals surface area (Å²) in [6.45, 7) is 0. The van der Waals surface area contributed by atoms with Crippen LogP contribution in [-0.4, -0.2) is 6.04 Å². The minimum absolute atomic E-state index is 0.351. The van der Waals surface area contributed by atoms with Crippen molar-refractivity contribution in [2.75, 3.05) is 0 Å². The van der Waals surface area contributed by atoms with E-state index in [1.54, 1.807) is 0 Å². The molecule has 15 heavy (non-hydrogen) atoms. The first kappa shape index (κ1) is 9.41. The Morgan fingerprint density at radius 1 is 1.20 bits per heavy atom. The van der Waals surface area contributed by atoms with Crippen molar-refractivity contribution < 1.29 is 0 Å². The molecule has 1 aromatic carbocycles. The number of benzene rings is 1. The molecule has 1 aromatic rings. The number of nitrogens with two attached hydrogens (primary N) is 1. The molecule has 0 radical (unpaired) electrons. The average Bonchev–Trinajstić information content (AvgIpc) is 3.14. The van der Waals surface area contributed by atoms with Gasteiger partial charge in [0.2, 0.25) is 0 Å². The monoisotopic (exact) mass is 201 g/mol. The Hall–Kier alpha value is -0.820. The van der Waals surface area contributed by atoms with Gasteiger partial charge in [0.15, 0.2) is 0 Å². The minimum atomic E-state index is 0.351. The summed E-state index contributed by atoms with van der Waals surface area (Å²) in [5.41, 5.74) is 8.21. The first-order chi connectivity index (χ1) is 7.31. The molecule has 2 aliphatic carbocycles. The van der Waals surface area contributed by atoms with Crippen molar-refractivity contribution in [3.63, 3.8) is 0 Å². The van der Waals surface area contributed by atoms with Crippen molar-refractivity contribution in [3.05, 3.63) is 35.9 Å². The van der Waals surface area contributed by atoms with E-state index in [9.17, 15) is 0 Å². The molecule has 2 saturated carbocycles. The largest absolute Gasteiger partial charge is 0.327 e. The smallest absolute Gasteiger partial charge is 0.0139 e. The Morgan fingerprint density at radius 2 is 1.87 bits per heavy atom. The van der Waals surface area contributed by atoms with Crippen LogP contribution >= 0.6 is 0 Å². The minimum Gasteiger partial charge on any atom is -0.327 e. The SMILES string of the molecule is NC(CC1CC1)C1(c2ccccc2)CC1. The van der Waals surface area contributed by atoms with Gasteiger partial charge in [-0.15, -0.1) is 0 Å². The van der Waals surface area contributed by atoms with Gasteiger partial charge in [0.05, 0.1) is 0 Å². The zero-order chi connectivity index (χ0) is 10.3. The Kier molecular flexibility index (Phi) is 2.10. The van der Waals surface area contributed by atoms with E-state index in [4.69, 9.17) is 5.73 Å². The Morgan fingerprint density at radius 3 is 2.40 bits per heavy atom. The van der Waals surface area contributed by atoms with Crippen LogP contribution in [-0.2, 0) is 5.41 Å². The molecular formula is C14H19N. The van der Waals surface area contributed by atoms with E-state index in [1.807, 2.05) is 0 Å². The fraction of sp³-hybridized carbons (Fsp3) is 0.571. The van der Waals surface area contributed by atoms with Crippen LogP contribution in [0.4, 0.5) is 0 Å². The topological polar surface area (TPSA) is 26.0 Å². The number of hydrogen-bond donors (Lipinski definition) is 1. The van der Waals surface area contributed by atoms with Gasteiger partial charge >= 0.3 is 0 Å². The molecule has 1 nitrogen and oxygen atoms in total. The maximum absolute atomic E-state index is 6.39. The summed E-state index contributed by atoms with van der Waals surface area (Å²) in [4.78, 5) is 0. The number of rotatable bonds is 4. The maximum Gasteiger partial charge on any atom is 0.0139 e. The molecule has 1 heteroatoms. The molecule has 0 spiro atoms. The van der Waals surface area contributed by atoms with Gasteiger partial charge in [-0.3, -0.25) is 0 Å². The summed E-state index contributed by atoms with van der Waals surface area (Å²) in [5.74, 6) is 0.946. The van der Waals surface area contributed by atoms with Crippen LogP contribution in [0.2, 0.25) is 0 Å². The summed E-state index contributed by atoms with van der Waals surface area (Å²) in [6.07, 6.45) is 6.67. The van der Waals surface area contributed by atoms with Gasteiger partial charge in [-0.2, -0.15) is 0 Å². The fourth-order valence-corrected chi connectivity index (χ4v) is 2.72. The van der Waals surface area contributed by atoms with Gasteiger partial charge in [-0.1, -0.05) is 43.2 Å². The van der Waals surface area contributed by atoms with Crippen LogP contribution in [0.25, 0.3) is 0 Å². The predicted octanol–water partition coefficient (Wildman–Crippen LogP) is 2.85. The lowest BCUT2D eigenvalue weighted by molar-refractivity contribution is 0.461. The summed E-state index contributed by atoms with van der Waals surface area (Å²) in [6, 6.07) is 11.3. The molecule has 0 amide bonds. The summed E-state index contributed by atoms with van der Waals surface area (Å²) < 4.78 is 0. The van der Waals surface area contributed by atoms with Crippen LogP contribution < -0.4 is 5.73 Å². The van der Waals surface area contributed by atoms with Gasteiger partial charge in [-0.25, -0.2) is 0 Å². The van der Waals surface area contributed by atoms with Crippen LogP contribution in [0.1, 0.15) is 37.7 Å². The molecular weight excluding hydrogens is 182 g/mol. The van der Waals surface area contributed by atoms with E-state index in [0.717, 1.165) is 5.92 Å². The molecule has 0 saturated heterocycles. The normalized spacial score (nSPS) is 24.9. The molecule has 0 aromatic heterocycles. The van der Waals surface area contributed by atoms with Crippen molar-refractivity contribution >= 4 is 0 Å². The van der Waals surface area contributed by atoms with E-state index in [0.29, 0.717) is 11.5 Å². The maximum atomic E-state index is 6.39. The highest BCUT2D eigenvalue weighted by atomic mass is 14.7. The van der Waals surface area contributed by atoms with Crippen molar-refractivity contribution in [3.8, 4) is 0 Å². The highest BCUT2D eigenvalue weighted by Crippen LogP contribution is 2.52. The fourth-order valence-electron chi connectivity index (χ4n) is 2.72. The van der Waals surface area contributed by atoms with Crippen LogP contribution in [0.5, 0.6) is 0 Å². The quantitative estimate of drug-likeness (QED) is 0.796. The lowest BCUT2D eigenvalue weighted by atomic mass is 9.86. The Bertz CT molecular complexity index is 336. The van der Waals surface area contributed by atoms with E-state index >= 15 is 0 Å². The Balaban J connectivity index is 1.78. The standard InChI is InChI=1S/C14H19N/c15-13(10-11-6-7-11)14(8-9-14)12-4-2-1-3-5-12/h1-5,11,13H,6-10,15H2. The second-order valence-electron chi connectivity index (χ2n) is 5.31. The van der Waals surface area contributed by atoms with Gasteiger partial charge in [0.1, 0.15) is 0 Å². The lowest BCUT2D eigenvalue weighted by Crippen LogP contribution is -2.35. The van der Waals surface area contributed by atoms with Crippen molar-refractivity contribution in [2.45, 2.75) is 43.6 Å². The lowest BCUT2D eigenvalue weighted by Gasteiger charge is -2.23. The third-order valence-electron chi connectivity index (χ3n) is 4.13. The summed E-state index contributed by atoms with van der Waals surface area (Å²) >= 11 is 0. The molecule has 3 rings (SSSR count). The first-order valence-corrected chi connectivity index (χ1v) is 6.12. The van der Waals surface area contributed by atoms with E-state index in [2.05, 4.69) is 30.3 Å². The van der Waals surface area contributed by atoms with E-state index in [1.165, 1.54) is 37.7 Å². The molecule has 2 aliphatic rings. The molecule has 1 atom stereocenters. The van der Waals surface area contributed by atoms with Gasteiger partial charge in [0.25, 0.3) is 0 Å². The average molecular weight is 201 g/mol. The van der Waals surface area contributed by atoms with Crippen LogP contribution in [0.3, 0.4) is 0 Å². The molecule has 2 N–H and O–H groups in total. The summed E-state index contributed by atoms with van der Waals surface area (Å²) in [5, 5.41) is 0. The molecule has 0 heterocycles. The second-order valence-corrected chi connectivity index (χ2v) is 5.31. The Labute approximate surface area is 91.7 Å². The van der Waals surface area contributed by atoms with Crippen LogP contribution in [0, 0.1) is 5.92 Å². The second kappa shape index (κ2) is 3.34. The molecule has 0 bridgehead atoms. The third kappa shape index (κ3) is 1.69. The van der Waals surface area contributed by atoms with Crippen molar-refractivity contribution in [1.29, 1.82) is 0 Å². The molecule has 80 valence electrons. The third-order valence-corrected chi connectivity index (χ3v) is 4.13. The van der Waals surface area contributed by atoms with E-state index in [-0.39, 0.29) is 0 Å². The molecule has 2 fully saturated rings. The van der Waals surface area contributed by atoms with Crippen LogP contribution in [0.15, 0.2) is 30.3 Å². The summed E-state index contributed by atoms with van der Waals surface area (Å²) in [7, 11) is 0. The van der Waals surface area contributed by atoms with Gasteiger partial charge in [-0.05, 0) is 30.7 Å².